The van der Waals surface area contributed by atoms with Gasteiger partial charge in [0, 0.05) is 5.54 Å². The first kappa shape index (κ1) is 13.3. The molecule has 0 aromatic carbocycles. The first-order chi connectivity index (χ1) is 7.15. The molecular formula is C13H25NO2. The molecule has 3 nitrogen and oxygen atoms in total. The van der Waals surface area contributed by atoms with Gasteiger partial charge in [-0.05, 0) is 32.1 Å². The topological polar surface area (TPSA) is 29.5 Å². The van der Waals surface area contributed by atoms with E-state index < -0.39 is 0 Å². The van der Waals surface area contributed by atoms with Gasteiger partial charge in [-0.1, -0.05) is 27.7 Å². The lowest BCUT2D eigenvalue weighted by Gasteiger charge is -2.38. The molecule has 94 valence electrons. The maximum absolute atomic E-state index is 11.8. The Labute approximate surface area is 99.1 Å². The van der Waals surface area contributed by atoms with Crippen molar-refractivity contribution < 1.29 is 9.53 Å². The van der Waals surface area contributed by atoms with Crippen molar-refractivity contribution in [2.24, 2.45) is 5.41 Å². The van der Waals surface area contributed by atoms with Crippen molar-refractivity contribution in [1.29, 1.82) is 0 Å². The van der Waals surface area contributed by atoms with E-state index in [0.717, 1.165) is 19.4 Å². The van der Waals surface area contributed by atoms with E-state index >= 15 is 0 Å². The van der Waals surface area contributed by atoms with Gasteiger partial charge in [-0.15, -0.1) is 0 Å². The molecule has 1 amide bonds. The average Bonchev–Trinajstić information content (AvgIpc) is 2.43. The fourth-order valence-electron chi connectivity index (χ4n) is 2.62. The van der Waals surface area contributed by atoms with E-state index in [9.17, 15) is 4.79 Å². The number of nitrogens with zero attached hydrogens (tertiary/aromatic N) is 1. The number of amides is 1. The van der Waals surface area contributed by atoms with Crippen LogP contribution in [0.25, 0.3) is 0 Å². The largest absolute Gasteiger partial charge is 0.444 e. The Morgan fingerprint density at radius 3 is 2.25 bits per heavy atom. The van der Waals surface area contributed by atoms with Gasteiger partial charge < -0.3 is 4.74 Å². The lowest BCUT2D eigenvalue weighted by atomic mass is 9.81. The summed E-state index contributed by atoms with van der Waals surface area (Å²) in [5, 5.41) is 0. The molecular weight excluding hydrogens is 202 g/mol. The normalized spacial score (nSPS) is 22.5. The van der Waals surface area contributed by atoms with E-state index in [-0.39, 0.29) is 23.2 Å². The van der Waals surface area contributed by atoms with E-state index in [2.05, 4.69) is 41.5 Å². The zero-order valence-corrected chi connectivity index (χ0v) is 11.5. The van der Waals surface area contributed by atoms with Crippen molar-refractivity contribution in [3.63, 3.8) is 0 Å². The summed E-state index contributed by atoms with van der Waals surface area (Å²) in [6.07, 6.45) is 1.80. The Bertz CT molecular complexity index is 266. The second-order valence-corrected chi connectivity index (χ2v) is 6.57. The summed E-state index contributed by atoms with van der Waals surface area (Å²) < 4.78 is 5.31. The highest BCUT2D eigenvalue weighted by Crippen LogP contribution is 2.34. The van der Waals surface area contributed by atoms with Gasteiger partial charge in [0.1, 0.15) is 6.10 Å². The van der Waals surface area contributed by atoms with E-state index in [4.69, 9.17) is 4.74 Å². The van der Waals surface area contributed by atoms with E-state index in [0.29, 0.717) is 0 Å². The highest BCUT2D eigenvalue weighted by atomic mass is 16.6. The van der Waals surface area contributed by atoms with Gasteiger partial charge in [0.2, 0.25) is 0 Å². The van der Waals surface area contributed by atoms with Gasteiger partial charge >= 0.3 is 6.09 Å². The Morgan fingerprint density at radius 2 is 1.88 bits per heavy atom. The van der Waals surface area contributed by atoms with Gasteiger partial charge in [-0.25, -0.2) is 4.79 Å². The zero-order chi connectivity index (χ0) is 12.6. The molecule has 1 heterocycles. The Morgan fingerprint density at radius 1 is 1.31 bits per heavy atom. The van der Waals surface area contributed by atoms with Crippen LogP contribution in [0.15, 0.2) is 0 Å². The van der Waals surface area contributed by atoms with E-state index in [1.165, 1.54) is 0 Å². The van der Waals surface area contributed by atoms with Gasteiger partial charge in [0.15, 0.2) is 0 Å². The zero-order valence-electron chi connectivity index (χ0n) is 11.5. The number of rotatable bonds is 3. The lowest BCUT2D eigenvalue weighted by molar-refractivity contribution is 0.0983. The van der Waals surface area contributed by atoms with Crippen molar-refractivity contribution >= 4 is 6.09 Å². The summed E-state index contributed by atoms with van der Waals surface area (Å²) >= 11 is 0. The molecule has 1 fully saturated rings. The highest BCUT2D eigenvalue weighted by Gasteiger charge is 2.41. The molecule has 0 spiro atoms. The summed E-state index contributed by atoms with van der Waals surface area (Å²) in [6, 6.07) is 0. The van der Waals surface area contributed by atoms with Gasteiger partial charge in [-0.3, -0.25) is 4.90 Å². The Kier molecular flexibility index (Phi) is 3.56. The SMILES string of the molecule is CCC1CN(C(C)(C)CC(C)(C)C)C(=O)O1. The minimum Gasteiger partial charge on any atom is -0.444 e. The van der Waals surface area contributed by atoms with Crippen LogP contribution in [0.2, 0.25) is 0 Å². The Balaban J connectivity index is 2.73. The lowest BCUT2D eigenvalue weighted by Crippen LogP contribution is -2.47. The van der Waals surface area contributed by atoms with Crippen LogP contribution in [0.3, 0.4) is 0 Å². The van der Waals surface area contributed by atoms with Crippen molar-refractivity contribution in [2.75, 3.05) is 6.54 Å². The van der Waals surface area contributed by atoms with Crippen LogP contribution in [0.4, 0.5) is 4.79 Å². The molecule has 1 atom stereocenters. The third-order valence-electron chi connectivity index (χ3n) is 3.02. The second-order valence-electron chi connectivity index (χ2n) is 6.57. The van der Waals surface area contributed by atoms with Crippen LogP contribution < -0.4 is 0 Å². The molecule has 1 saturated heterocycles. The first-order valence-corrected chi connectivity index (χ1v) is 6.14. The Hall–Kier alpha value is -0.730. The molecule has 0 N–H and O–H groups in total. The van der Waals surface area contributed by atoms with Crippen molar-refractivity contribution in [1.82, 2.24) is 4.90 Å². The van der Waals surface area contributed by atoms with E-state index in [1.807, 2.05) is 4.90 Å². The molecule has 1 rings (SSSR count). The number of hydrogen-bond donors (Lipinski definition) is 0. The van der Waals surface area contributed by atoms with Crippen LogP contribution >= 0.6 is 0 Å². The van der Waals surface area contributed by atoms with Crippen LogP contribution in [0.5, 0.6) is 0 Å². The molecule has 0 aromatic rings. The molecule has 0 aliphatic carbocycles. The van der Waals surface area contributed by atoms with Crippen LogP contribution in [-0.2, 0) is 4.74 Å². The number of carbonyl (C=O) groups is 1. The maximum atomic E-state index is 11.8. The fourth-order valence-corrected chi connectivity index (χ4v) is 2.62. The van der Waals surface area contributed by atoms with Gasteiger partial charge in [-0.2, -0.15) is 0 Å². The predicted molar refractivity (Wildman–Crippen MR) is 65.4 cm³/mol. The third kappa shape index (κ3) is 3.13. The summed E-state index contributed by atoms with van der Waals surface area (Å²) in [4.78, 5) is 13.7. The summed E-state index contributed by atoms with van der Waals surface area (Å²) in [5.74, 6) is 0. The van der Waals surface area contributed by atoms with Crippen LogP contribution in [-0.4, -0.2) is 29.2 Å². The second kappa shape index (κ2) is 4.27. The predicted octanol–water partition coefficient (Wildman–Crippen LogP) is 3.43. The summed E-state index contributed by atoms with van der Waals surface area (Å²) in [7, 11) is 0. The number of ether oxygens (including phenoxy) is 1. The molecule has 0 aromatic heterocycles. The first-order valence-electron chi connectivity index (χ1n) is 6.14. The van der Waals surface area contributed by atoms with Crippen molar-refractivity contribution in [2.45, 2.75) is 66.0 Å². The quantitative estimate of drug-likeness (QED) is 0.739. The standard InChI is InChI=1S/C13H25NO2/c1-7-10-8-14(11(15)16-10)13(5,6)9-12(2,3)4/h10H,7-9H2,1-6H3. The van der Waals surface area contributed by atoms with Crippen LogP contribution in [0.1, 0.15) is 54.4 Å². The number of carbonyl (C=O) groups excluding carboxylic acids is 1. The smallest absolute Gasteiger partial charge is 0.410 e. The minimum atomic E-state index is -0.152. The van der Waals surface area contributed by atoms with Crippen molar-refractivity contribution in [3.8, 4) is 0 Å². The number of cyclic esters (lactones) is 1. The molecule has 1 unspecified atom stereocenters. The molecule has 0 bridgehead atoms. The monoisotopic (exact) mass is 227 g/mol. The molecule has 0 saturated carbocycles. The molecule has 3 heteroatoms. The fraction of sp³-hybridized carbons (Fsp3) is 0.923. The van der Waals surface area contributed by atoms with Gasteiger partial charge in [0.25, 0.3) is 0 Å². The number of hydrogen-bond acceptors (Lipinski definition) is 2. The molecule has 1 aliphatic heterocycles. The maximum Gasteiger partial charge on any atom is 0.410 e. The average molecular weight is 227 g/mol. The van der Waals surface area contributed by atoms with Crippen molar-refractivity contribution in [3.05, 3.63) is 0 Å². The molecule has 1 aliphatic rings. The highest BCUT2D eigenvalue weighted by molar-refractivity contribution is 5.70. The van der Waals surface area contributed by atoms with E-state index in [1.54, 1.807) is 0 Å². The third-order valence-corrected chi connectivity index (χ3v) is 3.02. The van der Waals surface area contributed by atoms with Crippen LogP contribution in [0, 0.1) is 5.41 Å². The summed E-state index contributed by atoms with van der Waals surface area (Å²) in [5.41, 5.74) is 0.0906. The van der Waals surface area contributed by atoms with Gasteiger partial charge in [0.05, 0.1) is 6.54 Å². The summed E-state index contributed by atoms with van der Waals surface area (Å²) in [6.45, 7) is 13.6. The molecule has 0 radical (unpaired) electrons. The molecule has 16 heavy (non-hydrogen) atoms. The minimum absolute atomic E-state index is 0.0757.